The first-order valence-electron chi connectivity index (χ1n) is 6.47. The molecule has 1 aromatic carbocycles. The van der Waals surface area contributed by atoms with E-state index in [0.717, 1.165) is 24.7 Å². The summed E-state index contributed by atoms with van der Waals surface area (Å²) in [4.78, 5) is 6.44. The van der Waals surface area contributed by atoms with E-state index in [1.165, 1.54) is 0 Å². The highest BCUT2D eigenvalue weighted by atomic mass is 16.5. The maximum atomic E-state index is 8.82. The molecule has 20 heavy (non-hydrogen) atoms. The van der Waals surface area contributed by atoms with E-state index in [-0.39, 0.29) is 0 Å². The standard InChI is InChI=1S/C15H18N4O/c1-18(12-15-17-6-7-19(15)2)8-9-20-14-5-3-4-13(10-14)11-16/h3-7,10H,8-9,12H2,1-2H3. The van der Waals surface area contributed by atoms with Crippen molar-refractivity contribution < 1.29 is 4.74 Å². The summed E-state index contributed by atoms with van der Waals surface area (Å²) in [6.45, 7) is 2.16. The number of benzene rings is 1. The lowest BCUT2D eigenvalue weighted by molar-refractivity contribution is 0.228. The van der Waals surface area contributed by atoms with Gasteiger partial charge in [-0.1, -0.05) is 6.07 Å². The minimum atomic E-state index is 0.579. The van der Waals surface area contributed by atoms with E-state index in [9.17, 15) is 0 Å². The van der Waals surface area contributed by atoms with Crippen LogP contribution in [-0.4, -0.2) is 34.7 Å². The van der Waals surface area contributed by atoms with Crippen molar-refractivity contribution in [2.45, 2.75) is 6.54 Å². The van der Waals surface area contributed by atoms with E-state index in [2.05, 4.69) is 16.0 Å². The first kappa shape index (κ1) is 14.1. The fourth-order valence-electron chi connectivity index (χ4n) is 1.84. The predicted octanol–water partition coefficient (Wildman–Crippen LogP) is 1.80. The van der Waals surface area contributed by atoms with Crippen molar-refractivity contribution in [1.29, 1.82) is 5.26 Å². The van der Waals surface area contributed by atoms with Crippen LogP contribution < -0.4 is 4.74 Å². The molecule has 0 bridgehead atoms. The number of nitriles is 1. The van der Waals surface area contributed by atoms with Crippen LogP contribution in [0.25, 0.3) is 0 Å². The van der Waals surface area contributed by atoms with Gasteiger partial charge in [-0.15, -0.1) is 0 Å². The molecule has 0 aliphatic carbocycles. The Morgan fingerprint density at radius 3 is 3.00 bits per heavy atom. The molecule has 2 aromatic rings. The topological polar surface area (TPSA) is 54.1 Å². The summed E-state index contributed by atoms with van der Waals surface area (Å²) in [7, 11) is 4.02. The average Bonchev–Trinajstić information content (AvgIpc) is 2.84. The Morgan fingerprint density at radius 2 is 2.30 bits per heavy atom. The SMILES string of the molecule is CN(CCOc1cccc(C#N)c1)Cc1nccn1C. The Hall–Kier alpha value is -2.32. The lowest BCUT2D eigenvalue weighted by Gasteiger charge is -2.16. The minimum Gasteiger partial charge on any atom is -0.492 e. The smallest absolute Gasteiger partial charge is 0.122 e. The van der Waals surface area contributed by atoms with Gasteiger partial charge in [-0.2, -0.15) is 5.26 Å². The van der Waals surface area contributed by atoms with Crippen molar-refractivity contribution in [3.05, 3.63) is 48.0 Å². The summed E-state index contributed by atoms with van der Waals surface area (Å²) in [5.74, 6) is 1.76. The molecule has 1 aromatic heterocycles. The number of hydrogen-bond donors (Lipinski definition) is 0. The maximum Gasteiger partial charge on any atom is 0.122 e. The van der Waals surface area contributed by atoms with Gasteiger partial charge in [0.05, 0.1) is 18.2 Å². The Kier molecular flexibility index (Phi) is 4.75. The van der Waals surface area contributed by atoms with Crippen LogP contribution in [0.5, 0.6) is 5.75 Å². The molecule has 0 spiro atoms. The highest BCUT2D eigenvalue weighted by Gasteiger charge is 2.04. The monoisotopic (exact) mass is 270 g/mol. The molecule has 0 aliphatic heterocycles. The Balaban J connectivity index is 1.78. The summed E-state index contributed by atoms with van der Waals surface area (Å²) >= 11 is 0. The van der Waals surface area contributed by atoms with Gasteiger partial charge in [0.15, 0.2) is 0 Å². The van der Waals surface area contributed by atoms with Gasteiger partial charge in [0.25, 0.3) is 0 Å². The van der Waals surface area contributed by atoms with Crippen LogP contribution in [0.1, 0.15) is 11.4 Å². The molecule has 104 valence electrons. The van der Waals surface area contributed by atoms with Crippen LogP contribution in [0.2, 0.25) is 0 Å². The molecule has 0 N–H and O–H groups in total. The van der Waals surface area contributed by atoms with Crippen LogP contribution in [0.4, 0.5) is 0 Å². The molecule has 0 radical (unpaired) electrons. The van der Waals surface area contributed by atoms with Crippen molar-refractivity contribution >= 4 is 0 Å². The van der Waals surface area contributed by atoms with E-state index >= 15 is 0 Å². The van der Waals surface area contributed by atoms with Crippen molar-refractivity contribution in [3.63, 3.8) is 0 Å². The number of nitrogens with zero attached hydrogens (tertiary/aromatic N) is 4. The van der Waals surface area contributed by atoms with Crippen LogP contribution in [0, 0.1) is 11.3 Å². The van der Waals surface area contributed by atoms with Gasteiger partial charge < -0.3 is 9.30 Å². The molecular formula is C15H18N4O. The highest BCUT2D eigenvalue weighted by Crippen LogP contribution is 2.12. The number of ether oxygens (including phenoxy) is 1. The van der Waals surface area contributed by atoms with Crippen LogP contribution in [0.15, 0.2) is 36.7 Å². The molecule has 0 saturated heterocycles. The zero-order chi connectivity index (χ0) is 14.4. The van der Waals surface area contributed by atoms with Crippen molar-refractivity contribution in [3.8, 4) is 11.8 Å². The Morgan fingerprint density at radius 1 is 1.45 bits per heavy atom. The van der Waals surface area contributed by atoms with Crippen molar-refractivity contribution in [2.75, 3.05) is 20.2 Å². The third-order valence-corrected chi connectivity index (χ3v) is 3.04. The number of hydrogen-bond acceptors (Lipinski definition) is 4. The summed E-state index contributed by atoms with van der Waals surface area (Å²) in [5.41, 5.74) is 0.615. The van der Waals surface area contributed by atoms with Gasteiger partial charge >= 0.3 is 0 Å². The van der Waals surface area contributed by atoms with Crippen LogP contribution in [-0.2, 0) is 13.6 Å². The summed E-state index contributed by atoms with van der Waals surface area (Å²) in [6, 6.07) is 9.30. The summed E-state index contributed by atoms with van der Waals surface area (Å²) in [6.07, 6.45) is 3.74. The largest absolute Gasteiger partial charge is 0.492 e. The molecule has 2 rings (SSSR count). The lowest BCUT2D eigenvalue weighted by atomic mass is 10.2. The molecule has 0 aliphatic rings. The molecule has 0 saturated carbocycles. The Labute approximate surface area is 119 Å². The second-order valence-electron chi connectivity index (χ2n) is 4.68. The van der Waals surface area contributed by atoms with Gasteiger partial charge in [0.2, 0.25) is 0 Å². The number of aromatic nitrogens is 2. The third kappa shape index (κ3) is 3.84. The predicted molar refractivity (Wildman–Crippen MR) is 76.2 cm³/mol. The quantitative estimate of drug-likeness (QED) is 0.803. The first-order chi connectivity index (χ1) is 9.69. The average molecular weight is 270 g/mol. The van der Waals surface area contributed by atoms with E-state index in [1.807, 2.05) is 37.0 Å². The van der Waals surface area contributed by atoms with Gasteiger partial charge in [0.1, 0.15) is 18.2 Å². The Bertz CT molecular complexity index is 600. The van der Waals surface area contributed by atoms with Gasteiger partial charge in [-0.05, 0) is 25.2 Å². The fraction of sp³-hybridized carbons (Fsp3) is 0.333. The number of aryl methyl sites for hydroxylation is 1. The van der Waals surface area contributed by atoms with Crippen LogP contribution >= 0.6 is 0 Å². The second kappa shape index (κ2) is 6.73. The maximum absolute atomic E-state index is 8.82. The van der Waals surface area contributed by atoms with Gasteiger partial charge in [0, 0.05) is 26.0 Å². The molecule has 0 atom stereocenters. The second-order valence-corrected chi connectivity index (χ2v) is 4.68. The van der Waals surface area contributed by atoms with Crippen LogP contribution in [0.3, 0.4) is 0 Å². The molecular weight excluding hydrogens is 252 g/mol. The van der Waals surface area contributed by atoms with Crippen molar-refractivity contribution in [1.82, 2.24) is 14.5 Å². The summed E-state index contributed by atoms with van der Waals surface area (Å²) < 4.78 is 7.66. The van der Waals surface area contributed by atoms with Gasteiger partial charge in [-0.3, -0.25) is 4.90 Å². The molecule has 1 heterocycles. The lowest BCUT2D eigenvalue weighted by Crippen LogP contribution is -2.25. The zero-order valence-corrected chi connectivity index (χ0v) is 11.8. The van der Waals surface area contributed by atoms with E-state index in [4.69, 9.17) is 10.00 Å². The fourth-order valence-corrected chi connectivity index (χ4v) is 1.84. The number of likely N-dealkylation sites (N-methyl/N-ethyl adjacent to an activating group) is 1. The van der Waals surface area contributed by atoms with E-state index in [0.29, 0.717) is 12.2 Å². The minimum absolute atomic E-state index is 0.579. The number of rotatable bonds is 6. The molecule has 5 nitrogen and oxygen atoms in total. The first-order valence-corrected chi connectivity index (χ1v) is 6.47. The zero-order valence-electron chi connectivity index (χ0n) is 11.8. The molecule has 0 fully saturated rings. The molecule has 0 amide bonds. The van der Waals surface area contributed by atoms with Gasteiger partial charge in [-0.25, -0.2) is 4.98 Å². The number of imidazole rings is 1. The summed E-state index contributed by atoms with van der Waals surface area (Å²) in [5, 5.41) is 8.82. The highest BCUT2D eigenvalue weighted by molar-refractivity contribution is 5.36. The normalized spacial score (nSPS) is 10.5. The van der Waals surface area contributed by atoms with E-state index < -0.39 is 0 Å². The van der Waals surface area contributed by atoms with Crippen molar-refractivity contribution in [2.24, 2.45) is 7.05 Å². The third-order valence-electron chi connectivity index (χ3n) is 3.04. The molecule has 5 heteroatoms. The van der Waals surface area contributed by atoms with E-state index in [1.54, 1.807) is 18.3 Å². The molecule has 0 unspecified atom stereocenters.